The molecule has 0 radical (unpaired) electrons. The zero-order chi connectivity index (χ0) is 44.1. The normalized spacial score (nSPS) is 23.5. The standard InChI is InChI=1S/2C31H28P2/c2*1-5-13-26(14-6-1)32(27-15-7-2-8-16-27)30-24-21-22-25(23-24)31(30)33(28-17-9-3-10-18-28)29-19-11-4-12-20-29/h2*1-22,24-25,30-31H,23H2/t2*24-,25?,30+,31?/m00/s1. The molecule has 2 fully saturated rings. The molecule has 66 heavy (non-hydrogen) atoms. The Morgan fingerprint density at radius 3 is 0.470 bits per heavy atom. The molecule has 4 heteroatoms. The minimum atomic E-state index is -0.454. The van der Waals surface area contributed by atoms with Crippen LogP contribution in [0.3, 0.4) is 0 Å². The lowest BCUT2D eigenvalue weighted by Crippen LogP contribution is -2.37. The molecular weight excluding hydrogens is 869 g/mol. The van der Waals surface area contributed by atoms with Crippen molar-refractivity contribution in [3.63, 3.8) is 0 Å². The summed E-state index contributed by atoms with van der Waals surface area (Å²) in [6.07, 6.45) is 12.8. The highest BCUT2D eigenvalue weighted by molar-refractivity contribution is 7.78. The van der Waals surface area contributed by atoms with Crippen molar-refractivity contribution < 1.29 is 0 Å². The molecule has 12 rings (SSSR count). The van der Waals surface area contributed by atoms with Gasteiger partial charge in [-0.05, 0) is 111 Å². The molecule has 0 aliphatic heterocycles. The molecule has 8 aromatic carbocycles. The van der Waals surface area contributed by atoms with E-state index in [-0.39, 0.29) is 0 Å². The molecule has 324 valence electrons. The van der Waals surface area contributed by atoms with Gasteiger partial charge in [0, 0.05) is 22.6 Å². The van der Waals surface area contributed by atoms with E-state index in [4.69, 9.17) is 0 Å². The average Bonchev–Trinajstić information content (AvgIpc) is 4.22. The van der Waals surface area contributed by atoms with Gasteiger partial charge in [0.15, 0.2) is 0 Å². The SMILES string of the molecule is C1=C[C@H]2CC1C(P(c1ccccc1)c1ccccc1)[C@@H]2P(c1ccccc1)c1ccccc1.C1=C[C@H]2CC1C(P(c1ccccc1)c1ccccc1)[C@@H]2P(c1ccccc1)c1ccccc1. The molecule has 4 aliphatic carbocycles. The summed E-state index contributed by atoms with van der Waals surface area (Å²) in [5.74, 6) is 2.68. The molecule has 8 aromatic rings. The number of hydrogen-bond donors (Lipinski definition) is 0. The predicted octanol–water partition coefficient (Wildman–Crippen LogP) is 12.4. The predicted molar refractivity (Wildman–Crippen MR) is 293 cm³/mol. The smallest absolute Gasteiger partial charge is 0.00137 e. The largest absolute Gasteiger partial charge is 0.0844 e. The van der Waals surface area contributed by atoms with Gasteiger partial charge >= 0.3 is 0 Å². The summed E-state index contributed by atoms with van der Waals surface area (Å²) in [7, 11) is -1.82. The summed E-state index contributed by atoms with van der Waals surface area (Å²) in [5.41, 5.74) is 2.63. The third-order valence-corrected chi connectivity index (χ3v) is 26.7. The van der Waals surface area contributed by atoms with E-state index >= 15 is 0 Å². The Kier molecular flexibility index (Phi) is 13.5. The fourth-order valence-electron chi connectivity index (χ4n) is 11.6. The first-order chi connectivity index (χ1) is 32.8. The van der Waals surface area contributed by atoms with Gasteiger partial charge in [0.2, 0.25) is 0 Å². The lowest BCUT2D eigenvalue weighted by Gasteiger charge is -2.40. The molecule has 0 amide bonds. The van der Waals surface area contributed by atoms with Crippen LogP contribution < -0.4 is 42.4 Å². The summed E-state index contributed by atoms with van der Waals surface area (Å²) in [6, 6.07) is 90.8. The number of rotatable bonds is 12. The second-order valence-corrected chi connectivity index (χ2v) is 27.5. The number of fused-ring (bicyclic) bond motifs is 4. The molecule has 4 unspecified atom stereocenters. The molecule has 0 spiro atoms. The molecule has 0 aromatic heterocycles. The zero-order valence-electron chi connectivity index (χ0n) is 37.2. The minimum absolute atomic E-state index is 0.454. The third-order valence-electron chi connectivity index (χ3n) is 14.2. The highest BCUT2D eigenvalue weighted by Gasteiger charge is 2.53. The molecule has 0 N–H and O–H groups in total. The van der Waals surface area contributed by atoms with E-state index in [1.165, 1.54) is 55.3 Å². The van der Waals surface area contributed by atoms with E-state index in [1.54, 1.807) is 0 Å². The van der Waals surface area contributed by atoms with Crippen LogP contribution in [0.25, 0.3) is 0 Å². The van der Waals surface area contributed by atoms with Crippen LogP contribution >= 0.6 is 31.7 Å². The summed E-state index contributed by atoms with van der Waals surface area (Å²) in [4.78, 5) is 0. The van der Waals surface area contributed by atoms with Gasteiger partial charge in [-0.25, -0.2) is 0 Å². The molecule has 4 bridgehead atoms. The van der Waals surface area contributed by atoms with Crippen LogP contribution in [0.5, 0.6) is 0 Å². The molecular formula is C62H56P4. The number of hydrogen-bond acceptors (Lipinski definition) is 0. The van der Waals surface area contributed by atoms with Crippen LogP contribution in [0.1, 0.15) is 12.8 Å². The van der Waals surface area contributed by atoms with Crippen molar-refractivity contribution in [3.8, 4) is 0 Å². The average molecular weight is 925 g/mol. The van der Waals surface area contributed by atoms with E-state index in [0.29, 0.717) is 46.3 Å². The van der Waals surface area contributed by atoms with E-state index in [9.17, 15) is 0 Å². The quantitative estimate of drug-likeness (QED) is 0.0846. The Morgan fingerprint density at radius 2 is 0.333 bits per heavy atom. The maximum atomic E-state index is 2.55. The van der Waals surface area contributed by atoms with Crippen LogP contribution in [0.4, 0.5) is 0 Å². The van der Waals surface area contributed by atoms with Gasteiger partial charge in [0.05, 0.1) is 0 Å². The monoisotopic (exact) mass is 924 g/mol. The van der Waals surface area contributed by atoms with E-state index in [1.807, 2.05) is 0 Å². The summed E-state index contributed by atoms with van der Waals surface area (Å²) >= 11 is 0. The second-order valence-electron chi connectivity index (χ2n) is 18.0. The van der Waals surface area contributed by atoms with Crippen molar-refractivity contribution in [2.24, 2.45) is 23.7 Å². The Labute approximate surface area is 398 Å². The first-order valence-corrected chi connectivity index (χ1v) is 29.4. The van der Waals surface area contributed by atoms with Gasteiger partial charge < -0.3 is 0 Å². The van der Waals surface area contributed by atoms with E-state index in [0.717, 1.165) is 0 Å². The van der Waals surface area contributed by atoms with Crippen LogP contribution in [0.15, 0.2) is 267 Å². The second kappa shape index (κ2) is 20.4. The van der Waals surface area contributed by atoms with Gasteiger partial charge in [0.1, 0.15) is 0 Å². The van der Waals surface area contributed by atoms with Crippen LogP contribution in [0.2, 0.25) is 0 Å². The zero-order valence-corrected chi connectivity index (χ0v) is 40.8. The Morgan fingerprint density at radius 1 is 0.197 bits per heavy atom. The van der Waals surface area contributed by atoms with Crippen molar-refractivity contribution in [1.82, 2.24) is 0 Å². The van der Waals surface area contributed by atoms with E-state index in [2.05, 4.69) is 267 Å². The molecule has 0 nitrogen and oxygen atoms in total. The molecule has 2 saturated carbocycles. The summed E-state index contributed by atoms with van der Waals surface area (Å²) in [6.45, 7) is 0. The number of benzene rings is 8. The van der Waals surface area contributed by atoms with Crippen molar-refractivity contribution in [1.29, 1.82) is 0 Å². The van der Waals surface area contributed by atoms with Gasteiger partial charge in [-0.15, -0.1) is 0 Å². The van der Waals surface area contributed by atoms with Crippen molar-refractivity contribution in [2.45, 2.75) is 35.5 Å². The van der Waals surface area contributed by atoms with Crippen molar-refractivity contribution in [2.75, 3.05) is 0 Å². The lowest BCUT2D eigenvalue weighted by atomic mass is 10.1. The highest BCUT2D eigenvalue weighted by Crippen LogP contribution is 2.65. The molecule has 4 aliphatic rings. The fraction of sp³-hybridized carbons (Fsp3) is 0.161. The summed E-state index contributed by atoms with van der Waals surface area (Å²) < 4.78 is 0. The van der Waals surface area contributed by atoms with Crippen molar-refractivity contribution >= 4 is 74.1 Å². The molecule has 0 saturated heterocycles. The summed E-state index contributed by atoms with van der Waals surface area (Å²) in [5, 5.41) is 12.2. The topological polar surface area (TPSA) is 0 Å². The van der Waals surface area contributed by atoms with Gasteiger partial charge in [0.25, 0.3) is 0 Å². The Bertz CT molecular complexity index is 2260. The Balaban J connectivity index is 0.000000146. The van der Waals surface area contributed by atoms with Crippen LogP contribution in [0, 0.1) is 23.7 Å². The molecule has 8 atom stereocenters. The van der Waals surface area contributed by atoms with Crippen molar-refractivity contribution in [3.05, 3.63) is 267 Å². The highest BCUT2D eigenvalue weighted by atomic mass is 31.1. The fourth-order valence-corrected chi connectivity index (χ4v) is 25.6. The maximum absolute atomic E-state index is 2.55. The number of allylic oxidation sites excluding steroid dienone is 4. The van der Waals surface area contributed by atoms with Gasteiger partial charge in [-0.1, -0.05) is 267 Å². The lowest BCUT2D eigenvalue weighted by molar-refractivity contribution is 0.695. The van der Waals surface area contributed by atoms with Gasteiger partial charge in [-0.2, -0.15) is 0 Å². The van der Waals surface area contributed by atoms with Crippen LogP contribution in [-0.4, -0.2) is 22.6 Å². The first kappa shape index (κ1) is 43.5. The minimum Gasteiger partial charge on any atom is -0.0844 e. The third kappa shape index (κ3) is 8.93. The first-order valence-electron chi connectivity index (χ1n) is 23.7. The maximum Gasteiger partial charge on any atom is 0.00137 e. The Hall–Kier alpha value is -5.04. The molecule has 0 heterocycles. The van der Waals surface area contributed by atoms with Crippen LogP contribution in [-0.2, 0) is 0 Å². The van der Waals surface area contributed by atoms with E-state index < -0.39 is 31.7 Å². The van der Waals surface area contributed by atoms with Gasteiger partial charge in [-0.3, -0.25) is 0 Å².